The molecule has 3 rings (SSSR count). The Morgan fingerprint density at radius 2 is 2.11 bits per heavy atom. The van der Waals surface area contributed by atoms with Gasteiger partial charge in [0.2, 0.25) is 5.95 Å². The van der Waals surface area contributed by atoms with Gasteiger partial charge in [-0.1, -0.05) is 6.07 Å². The Bertz CT molecular complexity index is 723. The van der Waals surface area contributed by atoms with E-state index in [9.17, 15) is 0 Å². The van der Waals surface area contributed by atoms with Crippen molar-refractivity contribution in [2.45, 2.75) is 19.9 Å². The topological polar surface area (TPSA) is 61.7 Å². The Morgan fingerprint density at radius 3 is 2.84 bits per heavy atom. The Labute approximate surface area is 111 Å². The zero-order valence-electron chi connectivity index (χ0n) is 11.2. The maximum atomic E-state index is 6.00. The molecule has 0 bridgehead atoms. The summed E-state index contributed by atoms with van der Waals surface area (Å²) in [6, 6.07) is 8.25. The second-order valence-electron chi connectivity index (χ2n) is 4.84. The zero-order chi connectivity index (χ0) is 13.4. The SMILES string of the molecule is Cc1ccc2c(c1)nc(N)n2CCc1ccn(C)n1. The summed E-state index contributed by atoms with van der Waals surface area (Å²) in [5.41, 5.74) is 10.3. The molecule has 0 atom stereocenters. The average Bonchev–Trinajstić information content (AvgIpc) is 2.89. The summed E-state index contributed by atoms with van der Waals surface area (Å²) in [5.74, 6) is 0.566. The maximum absolute atomic E-state index is 6.00. The predicted molar refractivity (Wildman–Crippen MR) is 75.8 cm³/mol. The third-order valence-electron chi connectivity index (χ3n) is 3.29. The molecule has 3 aromatic rings. The van der Waals surface area contributed by atoms with Gasteiger partial charge in [-0.15, -0.1) is 0 Å². The fourth-order valence-corrected chi connectivity index (χ4v) is 2.32. The predicted octanol–water partition coefficient (Wildman–Crippen LogP) is 1.90. The van der Waals surface area contributed by atoms with Gasteiger partial charge in [-0.25, -0.2) is 4.98 Å². The second kappa shape index (κ2) is 4.42. The number of hydrogen-bond acceptors (Lipinski definition) is 3. The lowest BCUT2D eigenvalue weighted by Crippen LogP contribution is -2.06. The van der Waals surface area contributed by atoms with Gasteiger partial charge < -0.3 is 10.3 Å². The van der Waals surface area contributed by atoms with Crippen LogP contribution in [-0.2, 0) is 20.0 Å². The highest BCUT2D eigenvalue weighted by Crippen LogP contribution is 2.19. The average molecular weight is 255 g/mol. The van der Waals surface area contributed by atoms with Crippen molar-refractivity contribution < 1.29 is 0 Å². The van der Waals surface area contributed by atoms with E-state index in [2.05, 4.69) is 35.2 Å². The molecule has 98 valence electrons. The molecule has 2 heterocycles. The van der Waals surface area contributed by atoms with Crippen LogP contribution >= 0.6 is 0 Å². The molecule has 5 heteroatoms. The lowest BCUT2D eigenvalue weighted by atomic mass is 10.2. The lowest BCUT2D eigenvalue weighted by Gasteiger charge is -2.05. The van der Waals surface area contributed by atoms with E-state index in [1.165, 1.54) is 5.56 Å². The van der Waals surface area contributed by atoms with Gasteiger partial charge in [0.05, 0.1) is 16.7 Å². The minimum Gasteiger partial charge on any atom is -0.369 e. The molecule has 2 aromatic heterocycles. The molecular formula is C14H17N5. The van der Waals surface area contributed by atoms with Crippen molar-refractivity contribution in [1.82, 2.24) is 19.3 Å². The molecule has 0 aliphatic rings. The molecule has 0 spiro atoms. The van der Waals surface area contributed by atoms with Crippen LogP contribution in [0, 0.1) is 6.92 Å². The van der Waals surface area contributed by atoms with Crippen LogP contribution in [0.4, 0.5) is 5.95 Å². The number of fused-ring (bicyclic) bond motifs is 1. The van der Waals surface area contributed by atoms with Crippen LogP contribution in [0.1, 0.15) is 11.3 Å². The Kier molecular flexibility index (Phi) is 2.74. The first kappa shape index (κ1) is 11.8. The number of aryl methyl sites for hydroxylation is 4. The highest BCUT2D eigenvalue weighted by atomic mass is 15.2. The highest BCUT2D eigenvalue weighted by Gasteiger charge is 2.08. The molecule has 0 fully saturated rings. The molecule has 0 unspecified atom stereocenters. The molecular weight excluding hydrogens is 238 g/mol. The summed E-state index contributed by atoms with van der Waals surface area (Å²) in [4.78, 5) is 4.41. The minimum atomic E-state index is 0.566. The molecule has 0 aliphatic carbocycles. The van der Waals surface area contributed by atoms with Crippen LogP contribution in [0.15, 0.2) is 30.5 Å². The minimum absolute atomic E-state index is 0.566. The number of anilines is 1. The van der Waals surface area contributed by atoms with Crippen LogP contribution in [0.25, 0.3) is 11.0 Å². The van der Waals surface area contributed by atoms with Gasteiger partial charge in [0, 0.05) is 26.2 Å². The van der Waals surface area contributed by atoms with Crippen LogP contribution in [0.2, 0.25) is 0 Å². The molecule has 2 N–H and O–H groups in total. The lowest BCUT2D eigenvalue weighted by molar-refractivity contribution is 0.683. The number of nitrogens with zero attached hydrogens (tertiary/aromatic N) is 4. The first-order valence-electron chi connectivity index (χ1n) is 6.34. The standard InChI is InChI=1S/C14H17N5/c1-10-3-4-13-12(9-10)16-14(15)19(13)8-6-11-5-7-18(2)17-11/h3-5,7,9H,6,8H2,1-2H3,(H2,15,16). The van der Waals surface area contributed by atoms with Gasteiger partial charge in [0.25, 0.3) is 0 Å². The number of nitrogens with two attached hydrogens (primary N) is 1. The summed E-state index contributed by atoms with van der Waals surface area (Å²) in [7, 11) is 1.92. The van der Waals surface area contributed by atoms with E-state index in [4.69, 9.17) is 5.73 Å². The van der Waals surface area contributed by atoms with Gasteiger partial charge in [-0.05, 0) is 30.7 Å². The summed E-state index contributed by atoms with van der Waals surface area (Å²) in [6.07, 6.45) is 2.80. The normalized spacial score (nSPS) is 11.3. The molecule has 1 aromatic carbocycles. The van der Waals surface area contributed by atoms with E-state index in [-0.39, 0.29) is 0 Å². The number of benzene rings is 1. The van der Waals surface area contributed by atoms with Gasteiger partial charge in [0.1, 0.15) is 0 Å². The fourth-order valence-electron chi connectivity index (χ4n) is 2.32. The zero-order valence-corrected chi connectivity index (χ0v) is 11.2. The van der Waals surface area contributed by atoms with Crippen molar-refractivity contribution in [2.24, 2.45) is 7.05 Å². The van der Waals surface area contributed by atoms with E-state index in [1.54, 1.807) is 0 Å². The number of hydrogen-bond donors (Lipinski definition) is 1. The fraction of sp³-hybridized carbons (Fsp3) is 0.286. The van der Waals surface area contributed by atoms with Crippen molar-refractivity contribution in [3.8, 4) is 0 Å². The number of rotatable bonds is 3. The first-order chi connectivity index (χ1) is 9.13. The highest BCUT2D eigenvalue weighted by molar-refractivity contribution is 5.79. The summed E-state index contributed by atoms with van der Waals surface area (Å²) >= 11 is 0. The van der Waals surface area contributed by atoms with Gasteiger partial charge in [0.15, 0.2) is 0 Å². The number of aromatic nitrogens is 4. The van der Waals surface area contributed by atoms with Gasteiger partial charge in [-0.3, -0.25) is 4.68 Å². The van der Waals surface area contributed by atoms with Gasteiger partial charge in [-0.2, -0.15) is 5.10 Å². The van der Waals surface area contributed by atoms with Crippen LogP contribution < -0.4 is 5.73 Å². The van der Waals surface area contributed by atoms with E-state index in [0.717, 1.165) is 29.7 Å². The molecule has 0 radical (unpaired) electrons. The van der Waals surface area contributed by atoms with Crippen molar-refractivity contribution in [2.75, 3.05) is 5.73 Å². The molecule has 0 aliphatic heterocycles. The Balaban J connectivity index is 1.90. The third kappa shape index (κ3) is 2.19. The molecule has 19 heavy (non-hydrogen) atoms. The Hall–Kier alpha value is -2.30. The molecule has 0 saturated heterocycles. The Morgan fingerprint density at radius 1 is 1.26 bits per heavy atom. The van der Waals surface area contributed by atoms with E-state index >= 15 is 0 Å². The van der Waals surface area contributed by atoms with Crippen LogP contribution in [-0.4, -0.2) is 19.3 Å². The van der Waals surface area contributed by atoms with Crippen LogP contribution in [0.5, 0.6) is 0 Å². The largest absolute Gasteiger partial charge is 0.369 e. The monoisotopic (exact) mass is 255 g/mol. The van der Waals surface area contributed by atoms with Crippen molar-refractivity contribution in [3.63, 3.8) is 0 Å². The van der Waals surface area contributed by atoms with Crippen molar-refractivity contribution in [1.29, 1.82) is 0 Å². The van der Waals surface area contributed by atoms with Crippen molar-refractivity contribution >= 4 is 17.0 Å². The molecule has 0 saturated carbocycles. The van der Waals surface area contributed by atoms with E-state index in [0.29, 0.717) is 5.95 Å². The summed E-state index contributed by atoms with van der Waals surface area (Å²) in [5, 5.41) is 4.38. The number of imidazole rings is 1. The second-order valence-corrected chi connectivity index (χ2v) is 4.84. The van der Waals surface area contributed by atoms with Crippen molar-refractivity contribution in [3.05, 3.63) is 41.7 Å². The quantitative estimate of drug-likeness (QED) is 0.777. The van der Waals surface area contributed by atoms with Crippen LogP contribution in [0.3, 0.4) is 0 Å². The van der Waals surface area contributed by atoms with E-state index in [1.807, 2.05) is 28.6 Å². The van der Waals surface area contributed by atoms with E-state index < -0.39 is 0 Å². The molecule has 0 amide bonds. The first-order valence-corrected chi connectivity index (χ1v) is 6.34. The third-order valence-corrected chi connectivity index (χ3v) is 3.29. The summed E-state index contributed by atoms with van der Waals surface area (Å²) < 4.78 is 3.86. The summed E-state index contributed by atoms with van der Waals surface area (Å²) in [6.45, 7) is 2.85. The maximum Gasteiger partial charge on any atom is 0.201 e. The number of nitrogen functional groups attached to an aromatic ring is 1. The smallest absolute Gasteiger partial charge is 0.201 e. The molecule has 5 nitrogen and oxygen atoms in total. The van der Waals surface area contributed by atoms with Gasteiger partial charge >= 0.3 is 0 Å².